The van der Waals surface area contributed by atoms with Crippen molar-refractivity contribution in [3.8, 4) is 5.75 Å². The Labute approximate surface area is 180 Å². The van der Waals surface area contributed by atoms with Crippen LogP contribution in [0.1, 0.15) is 31.7 Å². The lowest BCUT2D eigenvalue weighted by Gasteiger charge is -2.12. The predicted octanol–water partition coefficient (Wildman–Crippen LogP) is 4.85. The van der Waals surface area contributed by atoms with E-state index in [4.69, 9.17) is 4.74 Å². The van der Waals surface area contributed by atoms with E-state index in [9.17, 15) is 8.42 Å². The predicted molar refractivity (Wildman–Crippen MR) is 119 cm³/mol. The second-order valence-corrected chi connectivity index (χ2v) is 9.94. The van der Waals surface area contributed by atoms with Gasteiger partial charge in [0.2, 0.25) is 0 Å². The van der Waals surface area contributed by atoms with E-state index in [1.807, 2.05) is 37.4 Å². The van der Waals surface area contributed by atoms with Crippen LogP contribution >= 0.6 is 15.9 Å². The molecule has 0 amide bonds. The number of rotatable bonds is 6. The van der Waals surface area contributed by atoms with Gasteiger partial charge in [0.25, 0.3) is 10.0 Å². The minimum Gasteiger partial charge on any atom is -0.494 e. The number of hydrogen-bond acceptors (Lipinski definition) is 4. The van der Waals surface area contributed by atoms with Gasteiger partial charge in [-0.2, -0.15) is 0 Å². The van der Waals surface area contributed by atoms with Crippen LogP contribution < -0.4 is 4.74 Å². The highest BCUT2D eigenvalue weighted by molar-refractivity contribution is 9.10. The second kappa shape index (κ2) is 8.13. The Balaban J connectivity index is 1.90. The van der Waals surface area contributed by atoms with E-state index in [0.29, 0.717) is 22.5 Å². The van der Waals surface area contributed by atoms with Crippen LogP contribution in [-0.4, -0.2) is 43.5 Å². The standard InChI is InChI=1S/C22H25BrN2O3S/c1-3-24-12-11-16(14-24)19-15-25(21-10-9-17(28-4-2)13-18(19)21)29(26,27)22-8-6-5-7-20(22)23/h5-10,13,15-16H,3-4,11-12,14H2,1-2H3/t16-/m0/s1. The van der Waals surface area contributed by atoms with Crippen molar-refractivity contribution in [3.05, 3.63) is 58.7 Å². The molecular formula is C22H25BrN2O3S. The fourth-order valence-electron chi connectivity index (χ4n) is 4.12. The highest BCUT2D eigenvalue weighted by Gasteiger charge is 2.29. The van der Waals surface area contributed by atoms with Gasteiger partial charge in [0.15, 0.2) is 0 Å². The summed E-state index contributed by atoms with van der Waals surface area (Å²) in [5, 5.41) is 0.953. The molecule has 7 heteroatoms. The molecule has 1 saturated heterocycles. The molecule has 0 N–H and O–H groups in total. The molecule has 0 aliphatic carbocycles. The lowest BCUT2D eigenvalue weighted by atomic mass is 9.98. The van der Waals surface area contributed by atoms with Gasteiger partial charge in [-0.25, -0.2) is 12.4 Å². The molecule has 0 radical (unpaired) electrons. The Morgan fingerprint density at radius 1 is 1.17 bits per heavy atom. The summed E-state index contributed by atoms with van der Waals surface area (Å²) in [5.41, 5.74) is 1.77. The van der Waals surface area contributed by atoms with Crippen LogP contribution in [0.2, 0.25) is 0 Å². The molecule has 1 aromatic heterocycles. The van der Waals surface area contributed by atoms with Crippen molar-refractivity contribution in [2.24, 2.45) is 0 Å². The molecule has 154 valence electrons. The number of likely N-dealkylation sites (tertiary alicyclic amines) is 1. The van der Waals surface area contributed by atoms with Crippen LogP contribution in [0.5, 0.6) is 5.75 Å². The van der Waals surface area contributed by atoms with Crippen LogP contribution in [0.3, 0.4) is 0 Å². The van der Waals surface area contributed by atoms with Crippen molar-refractivity contribution < 1.29 is 13.2 Å². The molecule has 0 spiro atoms. The Morgan fingerprint density at radius 2 is 1.97 bits per heavy atom. The third-order valence-corrected chi connectivity index (χ3v) is 8.30. The van der Waals surface area contributed by atoms with Crippen LogP contribution in [-0.2, 0) is 10.0 Å². The van der Waals surface area contributed by atoms with E-state index >= 15 is 0 Å². The van der Waals surface area contributed by atoms with Gasteiger partial charge >= 0.3 is 0 Å². The van der Waals surface area contributed by atoms with E-state index in [2.05, 4.69) is 27.8 Å². The number of likely N-dealkylation sites (N-methyl/N-ethyl adjacent to an activating group) is 1. The Morgan fingerprint density at radius 3 is 2.66 bits per heavy atom. The van der Waals surface area contributed by atoms with Gasteiger partial charge in [0.1, 0.15) is 10.6 Å². The normalized spacial score (nSPS) is 17.8. The van der Waals surface area contributed by atoms with Gasteiger partial charge in [-0.3, -0.25) is 0 Å². The minimum atomic E-state index is -3.73. The number of ether oxygens (including phenoxy) is 1. The molecule has 1 fully saturated rings. The first kappa shape index (κ1) is 20.4. The summed E-state index contributed by atoms with van der Waals surface area (Å²) in [6.07, 6.45) is 2.85. The van der Waals surface area contributed by atoms with Crippen molar-refractivity contribution in [3.63, 3.8) is 0 Å². The number of fused-ring (bicyclic) bond motifs is 1. The molecule has 2 heterocycles. The number of nitrogens with zero attached hydrogens (tertiary/aromatic N) is 2. The number of benzene rings is 2. The van der Waals surface area contributed by atoms with Crippen molar-refractivity contribution in [1.82, 2.24) is 8.87 Å². The monoisotopic (exact) mass is 476 g/mol. The van der Waals surface area contributed by atoms with Crippen molar-refractivity contribution in [2.75, 3.05) is 26.2 Å². The van der Waals surface area contributed by atoms with Gasteiger partial charge < -0.3 is 9.64 Å². The van der Waals surface area contributed by atoms with Crippen molar-refractivity contribution in [2.45, 2.75) is 31.1 Å². The first-order valence-corrected chi connectivity index (χ1v) is 12.2. The summed E-state index contributed by atoms with van der Waals surface area (Å²) in [4.78, 5) is 2.67. The van der Waals surface area contributed by atoms with Crippen LogP contribution in [0.4, 0.5) is 0 Å². The largest absolute Gasteiger partial charge is 0.494 e. The molecular weight excluding hydrogens is 452 g/mol. The summed E-state index contributed by atoms with van der Waals surface area (Å²) >= 11 is 3.40. The lowest BCUT2D eigenvalue weighted by Crippen LogP contribution is -2.19. The van der Waals surface area contributed by atoms with Crippen LogP contribution in [0, 0.1) is 0 Å². The zero-order chi connectivity index (χ0) is 20.6. The fourth-order valence-corrected chi connectivity index (χ4v) is 6.46. The summed E-state index contributed by atoms with van der Waals surface area (Å²) in [7, 11) is -3.73. The SMILES string of the molecule is CCOc1ccc2c(c1)c([C@H]1CCN(CC)C1)cn2S(=O)(=O)c1ccccc1Br. The number of aromatic nitrogens is 1. The molecule has 0 bridgehead atoms. The van der Waals surface area contributed by atoms with E-state index in [0.717, 1.165) is 42.8 Å². The van der Waals surface area contributed by atoms with E-state index in [-0.39, 0.29) is 4.90 Å². The highest BCUT2D eigenvalue weighted by atomic mass is 79.9. The molecule has 1 aliphatic rings. The third-order valence-electron chi connectivity index (χ3n) is 5.62. The third kappa shape index (κ3) is 3.71. The molecule has 3 aromatic rings. The maximum atomic E-state index is 13.5. The Kier molecular flexibility index (Phi) is 5.73. The first-order valence-electron chi connectivity index (χ1n) is 9.96. The minimum absolute atomic E-state index is 0.263. The average Bonchev–Trinajstić information content (AvgIpc) is 3.33. The number of halogens is 1. The summed E-state index contributed by atoms with van der Waals surface area (Å²) in [6.45, 7) is 7.68. The van der Waals surface area contributed by atoms with Crippen molar-refractivity contribution >= 4 is 36.9 Å². The quantitative estimate of drug-likeness (QED) is 0.510. The smallest absolute Gasteiger partial charge is 0.269 e. The zero-order valence-electron chi connectivity index (χ0n) is 16.6. The van der Waals surface area contributed by atoms with Gasteiger partial charge in [-0.15, -0.1) is 0 Å². The van der Waals surface area contributed by atoms with Gasteiger partial charge in [-0.05, 0) is 84.2 Å². The van der Waals surface area contributed by atoms with Gasteiger partial charge in [-0.1, -0.05) is 19.1 Å². The first-order chi connectivity index (χ1) is 14.0. The molecule has 0 unspecified atom stereocenters. The van der Waals surface area contributed by atoms with E-state index < -0.39 is 10.0 Å². The lowest BCUT2D eigenvalue weighted by molar-refractivity contribution is 0.340. The maximum Gasteiger partial charge on any atom is 0.269 e. The van der Waals surface area contributed by atoms with E-state index in [1.54, 1.807) is 18.2 Å². The molecule has 0 saturated carbocycles. The second-order valence-electron chi connectivity index (χ2n) is 7.31. The zero-order valence-corrected chi connectivity index (χ0v) is 19.0. The number of hydrogen-bond donors (Lipinski definition) is 0. The Bertz CT molecular complexity index is 1140. The fraction of sp³-hybridized carbons (Fsp3) is 0.364. The Hall–Kier alpha value is -1.83. The molecule has 29 heavy (non-hydrogen) atoms. The maximum absolute atomic E-state index is 13.5. The highest BCUT2D eigenvalue weighted by Crippen LogP contribution is 2.37. The summed E-state index contributed by atoms with van der Waals surface area (Å²) < 4.78 is 34.7. The van der Waals surface area contributed by atoms with Gasteiger partial charge in [0, 0.05) is 22.6 Å². The molecule has 1 atom stereocenters. The topological polar surface area (TPSA) is 51.5 Å². The summed E-state index contributed by atoms with van der Waals surface area (Å²) in [5.74, 6) is 1.08. The van der Waals surface area contributed by atoms with Crippen LogP contribution in [0.15, 0.2) is 58.0 Å². The summed E-state index contributed by atoms with van der Waals surface area (Å²) in [6, 6.07) is 12.6. The van der Waals surface area contributed by atoms with Crippen LogP contribution in [0.25, 0.3) is 10.9 Å². The van der Waals surface area contributed by atoms with Gasteiger partial charge in [0.05, 0.1) is 12.1 Å². The molecule has 4 rings (SSSR count). The molecule has 5 nitrogen and oxygen atoms in total. The average molecular weight is 477 g/mol. The molecule has 2 aromatic carbocycles. The van der Waals surface area contributed by atoms with E-state index in [1.165, 1.54) is 3.97 Å². The van der Waals surface area contributed by atoms with Crippen molar-refractivity contribution in [1.29, 1.82) is 0 Å². The molecule has 1 aliphatic heterocycles.